The fourth-order valence-electron chi connectivity index (χ4n) is 2.74. The number of benzene rings is 2. The highest BCUT2D eigenvalue weighted by Gasteiger charge is 2.28. The van der Waals surface area contributed by atoms with Crippen molar-refractivity contribution in [2.75, 3.05) is 30.0 Å². The predicted octanol–water partition coefficient (Wildman–Crippen LogP) is 3.44. The van der Waals surface area contributed by atoms with Crippen molar-refractivity contribution in [1.82, 2.24) is 0 Å². The number of ether oxygens (including phenoxy) is 1. The number of non-ortho nitro benzene ring substituents is 1. The molecule has 24 heavy (non-hydrogen) atoms. The molecular formula is C17H17N3O4. The molecule has 0 saturated carbocycles. The van der Waals surface area contributed by atoms with E-state index < -0.39 is 4.92 Å². The fraction of sp³-hybridized carbons (Fsp3) is 0.235. The lowest BCUT2D eigenvalue weighted by molar-refractivity contribution is -0.384. The number of nitro benzene ring substituents is 1. The van der Waals surface area contributed by atoms with Crippen molar-refractivity contribution in [3.05, 3.63) is 58.6 Å². The summed E-state index contributed by atoms with van der Waals surface area (Å²) in [5, 5.41) is 10.9. The SMILES string of the molecule is COc1ccc(N2CCCN(c3cccc([N+](=O)[O-])c3)C2=O)cc1. The summed E-state index contributed by atoms with van der Waals surface area (Å²) >= 11 is 0. The molecule has 0 unspecified atom stereocenters. The van der Waals surface area contributed by atoms with Gasteiger partial charge in [-0.3, -0.25) is 19.9 Å². The number of amides is 2. The second kappa shape index (κ2) is 6.57. The molecule has 1 aliphatic rings. The quantitative estimate of drug-likeness (QED) is 0.637. The van der Waals surface area contributed by atoms with Crippen molar-refractivity contribution in [1.29, 1.82) is 0 Å². The molecule has 1 aliphatic heterocycles. The molecule has 2 aromatic rings. The van der Waals surface area contributed by atoms with E-state index in [2.05, 4.69) is 0 Å². The van der Waals surface area contributed by atoms with Gasteiger partial charge < -0.3 is 4.74 Å². The summed E-state index contributed by atoms with van der Waals surface area (Å²) in [5.41, 5.74) is 1.28. The van der Waals surface area contributed by atoms with Crippen LogP contribution in [0.3, 0.4) is 0 Å². The molecule has 0 atom stereocenters. The van der Waals surface area contributed by atoms with Crippen LogP contribution in [0.25, 0.3) is 0 Å². The Bertz CT molecular complexity index is 761. The number of nitro groups is 1. The highest BCUT2D eigenvalue weighted by Crippen LogP contribution is 2.28. The number of rotatable bonds is 4. The van der Waals surface area contributed by atoms with E-state index in [9.17, 15) is 14.9 Å². The Morgan fingerprint density at radius 3 is 2.33 bits per heavy atom. The summed E-state index contributed by atoms with van der Waals surface area (Å²) < 4.78 is 5.13. The van der Waals surface area contributed by atoms with E-state index in [-0.39, 0.29) is 11.7 Å². The Morgan fingerprint density at radius 2 is 1.71 bits per heavy atom. The molecule has 2 aromatic carbocycles. The minimum absolute atomic E-state index is 0.0260. The van der Waals surface area contributed by atoms with Gasteiger partial charge in [0.1, 0.15) is 5.75 Å². The summed E-state index contributed by atoms with van der Waals surface area (Å²) in [6.45, 7) is 1.14. The molecular weight excluding hydrogens is 310 g/mol. The van der Waals surface area contributed by atoms with Crippen LogP contribution in [0.15, 0.2) is 48.5 Å². The molecule has 0 aromatic heterocycles. The van der Waals surface area contributed by atoms with Crippen LogP contribution in [0.4, 0.5) is 21.9 Å². The minimum Gasteiger partial charge on any atom is -0.497 e. The van der Waals surface area contributed by atoms with Gasteiger partial charge in [0.25, 0.3) is 5.69 Å². The Balaban J connectivity index is 1.87. The maximum Gasteiger partial charge on any atom is 0.328 e. The molecule has 0 spiro atoms. The monoisotopic (exact) mass is 327 g/mol. The van der Waals surface area contributed by atoms with Crippen molar-refractivity contribution < 1.29 is 14.5 Å². The molecule has 3 rings (SSSR count). The van der Waals surface area contributed by atoms with E-state index in [1.165, 1.54) is 12.1 Å². The molecule has 2 amide bonds. The zero-order chi connectivity index (χ0) is 17.1. The number of anilines is 2. The summed E-state index contributed by atoms with van der Waals surface area (Å²) in [7, 11) is 1.59. The van der Waals surface area contributed by atoms with Crippen LogP contribution in [-0.4, -0.2) is 31.2 Å². The number of hydrogen-bond donors (Lipinski definition) is 0. The number of urea groups is 1. The Hall–Kier alpha value is -3.09. The van der Waals surface area contributed by atoms with Crippen LogP contribution in [0.2, 0.25) is 0 Å². The molecule has 0 radical (unpaired) electrons. The van der Waals surface area contributed by atoms with Gasteiger partial charge in [0.05, 0.1) is 17.7 Å². The first-order valence-corrected chi connectivity index (χ1v) is 7.57. The van der Waals surface area contributed by atoms with Crippen molar-refractivity contribution in [2.45, 2.75) is 6.42 Å². The van der Waals surface area contributed by atoms with Crippen LogP contribution in [0, 0.1) is 10.1 Å². The largest absolute Gasteiger partial charge is 0.497 e. The zero-order valence-electron chi connectivity index (χ0n) is 13.2. The maximum atomic E-state index is 12.8. The summed E-state index contributed by atoms with van der Waals surface area (Å²) in [6, 6.07) is 13.2. The van der Waals surface area contributed by atoms with E-state index in [0.717, 1.165) is 17.9 Å². The number of carbonyl (C=O) groups excluding carboxylic acids is 1. The van der Waals surface area contributed by atoms with Crippen molar-refractivity contribution in [3.8, 4) is 5.75 Å². The van der Waals surface area contributed by atoms with Gasteiger partial charge in [0, 0.05) is 30.9 Å². The molecule has 0 bridgehead atoms. The van der Waals surface area contributed by atoms with Crippen molar-refractivity contribution in [2.24, 2.45) is 0 Å². The first kappa shape index (κ1) is 15.8. The maximum absolute atomic E-state index is 12.8. The third-order valence-corrected chi connectivity index (χ3v) is 3.96. The topological polar surface area (TPSA) is 75.9 Å². The van der Waals surface area contributed by atoms with Crippen LogP contribution >= 0.6 is 0 Å². The van der Waals surface area contributed by atoms with E-state index >= 15 is 0 Å². The fourth-order valence-corrected chi connectivity index (χ4v) is 2.74. The molecule has 1 saturated heterocycles. The third-order valence-electron chi connectivity index (χ3n) is 3.96. The standard InChI is InChI=1S/C17H17N3O4/c1-24-16-8-6-13(7-9-16)18-10-3-11-19(17(18)21)14-4-2-5-15(12-14)20(22)23/h2,4-9,12H,3,10-11H2,1H3. The van der Waals surface area contributed by atoms with Gasteiger partial charge in [-0.15, -0.1) is 0 Å². The summed E-state index contributed by atoms with van der Waals surface area (Å²) in [6.07, 6.45) is 0.778. The molecule has 1 fully saturated rings. The lowest BCUT2D eigenvalue weighted by Crippen LogP contribution is -2.49. The predicted molar refractivity (Wildman–Crippen MR) is 90.8 cm³/mol. The minimum atomic E-state index is -0.459. The highest BCUT2D eigenvalue weighted by atomic mass is 16.6. The van der Waals surface area contributed by atoms with Gasteiger partial charge in [0.2, 0.25) is 0 Å². The second-order valence-corrected chi connectivity index (χ2v) is 5.41. The van der Waals surface area contributed by atoms with Gasteiger partial charge in [0.15, 0.2) is 0 Å². The number of carbonyl (C=O) groups is 1. The lowest BCUT2D eigenvalue weighted by Gasteiger charge is -2.35. The van der Waals surface area contributed by atoms with Gasteiger partial charge in [-0.25, -0.2) is 4.79 Å². The van der Waals surface area contributed by atoms with Gasteiger partial charge in [-0.05, 0) is 36.8 Å². The average molecular weight is 327 g/mol. The van der Waals surface area contributed by atoms with Crippen LogP contribution in [0.1, 0.15) is 6.42 Å². The molecule has 0 N–H and O–H groups in total. The molecule has 7 nitrogen and oxygen atoms in total. The van der Waals surface area contributed by atoms with Gasteiger partial charge >= 0.3 is 6.03 Å². The van der Waals surface area contributed by atoms with Crippen molar-refractivity contribution >= 4 is 23.1 Å². The first-order valence-electron chi connectivity index (χ1n) is 7.57. The summed E-state index contributed by atoms with van der Waals surface area (Å²) in [4.78, 5) is 26.5. The molecule has 124 valence electrons. The highest BCUT2D eigenvalue weighted by molar-refractivity contribution is 6.04. The second-order valence-electron chi connectivity index (χ2n) is 5.41. The lowest BCUT2D eigenvalue weighted by atomic mass is 10.2. The first-order chi connectivity index (χ1) is 11.6. The number of nitrogens with zero attached hydrogens (tertiary/aromatic N) is 3. The summed E-state index contributed by atoms with van der Waals surface area (Å²) in [5.74, 6) is 0.721. The van der Waals surface area contributed by atoms with Gasteiger partial charge in [-0.1, -0.05) is 6.07 Å². The van der Waals surface area contributed by atoms with Crippen LogP contribution in [-0.2, 0) is 0 Å². The van der Waals surface area contributed by atoms with E-state index in [1.807, 2.05) is 12.1 Å². The Kier molecular flexibility index (Phi) is 4.33. The van der Waals surface area contributed by atoms with Crippen LogP contribution < -0.4 is 14.5 Å². The zero-order valence-corrected chi connectivity index (χ0v) is 13.2. The Morgan fingerprint density at radius 1 is 1.04 bits per heavy atom. The number of methoxy groups -OCH3 is 1. The van der Waals surface area contributed by atoms with Gasteiger partial charge in [-0.2, -0.15) is 0 Å². The van der Waals surface area contributed by atoms with Crippen molar-refractivity contribution in [3.63, 3.8) is 0 Å². The Labute approximate surface area is 139 Å². The number of hydrogen-bond acceptors (Lipinski definition) is 4. The smallest absolute Gasteiger partial charge is 0.328 e. The average Bonchev–Trinajstić information content (AvgIpc) is 2.62. The van der Waals surface area contributed by atoms with E-state index in [1.54, 1.807) is 41.2 Å². The molecule has 1 heterocycles. The molecule has 7 heteroatoms. The normalized spacial score (nSPS) is 14.6. The van der Waals surface area contributed by atoms with E-state index in [0.29, 0.717) is 18.8 Å². The molecule has 0 aliphatic carbocycles. The van der Waals surface area contributed by atoms with E-state index in [4.69, 9.17) is 4.74 Å². The third kappa shape index (κ3) is 3.01. The van der Waals surface area contributed by atoms with Crippen LogP contribution in [0.5, 0.6) is 5.75 Å².